The van der Waals surface area contributed by atoms with Crippen LogP contribution in [0.25, 0.3) is 0 Å². The third-order valence-corrected chi connectivity index (χ3v) is 3.69. The molecule has 0 atom stereocenters. The maximum absolute atomic E-state index is 5.64. The van der Waals surface area contributed by atoms with Crippen molar-refractivity contribution in [2.45, 2.75) is 12.4 Å². The van der Waals surface area contributed by atoms with Crippen molar-refractivity contribution in [1.82, 2.24) is 4.98 Å². The first-order valence-electron chi connectivity index (χ1n) is 5.13. The molecule has 2 rings (SSSR count). The van der Waals surface area contributed by atoms with Crippen LogP contribution in [0.15, 0.2) is 30.5 Å². The smallest absolute Gasteiger partial charge is 0.140 e. The molecule has 0 bridgehead atoms. The number of ether oxygens (including phenoxy) is 2. The molecule has 1 heterocycles. The van der Waals surface area contributed by atoms with E-state index in [9.17, 15) is 0 Å². The molecule has 0 amide bonds. The molecule has 3 nitrogen and oxygen atoms in total. The Labute approximate surface area is 110 Å². The fraction of sp³-hybridized carbons (Fsp3) is 0.250. The molecule has 1 aromatic heterocycles. The minimum atomic E-state index is 0.478. The summed E-state index contributed by atoms with van der Waals surface area (Å²) in [6, 6.07) is 7.53. The van der Waals surface area contributed by atoms with Crippen LogP contribution in [0, 0.1) is 0 Å². The van der Waals surface area contributed by atoms with Crippen molar-refractivity contribution in [3.8, 4) is 11.5 Å². The number of hydrogen-bond acceptors (Lipinski definition) is 5. The lowest BCUT2D eigenvalue weighted by atomic mass is 10.3. The van der Waals surface area contributed by atoms with Crippen LogP contribution in [0.3, 0.4) is 0 Å². The lowest BCUT2D eigenvalue weighted by Gasteiger charge is -2.05. The van der Waals surface area contributed by atoms with Gasteiger partial charge in [0.05, 0.1) is 7.11 Å². The van der Waals surface area contributed by atoms with E-state index in [-0.39, 0.29) is 0 Å². The van der Waals surface area contributed by atoms with Gasteiger partial charge in [-0.25, -0.2) is 4.98 Å². The fourth-order valence-electron chi connectivity index (χ4n) is 1.32. The molecule has 0 N–H and O–H groups in total. The van der Waals surface area contributed by atoms with Gasteiger partial charge in [0.15, 0.2) is 0 Å². The van der Waals surface area contributed by atoms with Crippen LogP contribution in [-0.2, 0) is 12.4 Å². The van der Waals surface area contributed by atoms with E-state index in [2.05, 4.69) is 17.6 Å². The topological polar surface area (TPSA) is 31.4 Å². The van der Waals surface area contributed by atoms with Gasteiger partial charge in [-0.2, -0.15) is 12.6 Å². The molecular formula is C12H13NO2S2. The molecule has 0 saturated carbocycles. The van der Waals surface area contributed by atoms with Gasteiger partial charge in [0.25, 0.3) is 0 Å². The average Bonchev–Trinajstić information content (AvgIpc) is 2.84. The van der Waals surface area contributed by atoms with E-state index in [0.29, 0.717) is 6.61 Å². The zero-order valence-electron chi connectivity index (χ0n) is 9.42. The van der Waals surface area contributed by atoms with Gasteiger partial charge in [-0.15, -0.1) is 11.3 Å². The Morgan fingerprint density at radius 1 is 1.35 bits per heavy atom. The SMILES string of the molecule is COc1cccc(OCc2ncc(CS)s2)c1. The molecule has 0 fully saturated rings. The van der Waals surface area contributed by atoms with Gasteiger partial charge in [0.1, 0.15) is 23.1 Å². The number of benzene rings is 1. The van der Waals surface area contributed by atoms with Crippen LogP contribution in [-0.4, -0.2) is 12.1 Å². The van der Waals surface area contributed by atoms with Gasteiger partial charge in [-0.1, -0.05) is 6.07 Å². The molecule has 0 spiro atoms. The van der Waals surface area contributed by atoms with E-state index >= 15 is 0 Å². The molecule has 0 aliphatic carbocycles. The van der Waals surface area contributed by atoms with Crippen LogP contribution in [0.5, 0.6) is 11.5 Å². The zero-order chi connectivity index (χ0) is 12.1. The van der Waals surface area contributed by atoms with E-state index < -0.39 is 0 Å². The highest BCUT2D eigenvalue weighted by Gasteiger charge is 2.02. The maximum atomic E-state index is 5.64. The molecule has 0 aliphatic rings. The summed E-state index contributed by atoms with van der Waals surface area (Å²) in [6.07, 6.45) is 1.84. The summed E-state index contributed by atoms with van der Waals surface area (Å²) in [5.74, 6) is 2.29. The van der Waals surface area contributed by atoms with Crippen LogP contribution in [0.1, 0.15) is 9.88 Å². The molecule has 0 saturated heterocycles. The highest BCUT2D eigenvalue weighted by molar-refractivity contribution is 7.79. The Morgan fingerprint density at radius 2 is 2.18 bits per heavy atom. The van der Waals surface area contributed by atoms with Crippen molar-refractivity contribution in [3.63, 3.8) is 0 Å². The summed E-state index contributed by atoms with van der Waals surface area (Å²) in [7, 11) is 1.64. The fourth-order valence-corrected chi connectivity index (χ4v) is 2.30. The number of rotatable bonds is 5. The Morgan fingerprint density at radius 3 is 2.88 bits per heavy atom. The number of aromatic nitrogens is 1. The summed E-state index contributed by atoms with van der Waals surface area (Å²) < 4.78 is 10.8. The van der Waals surface area contributed by atoms with Crippen LogP contribution in [0.4, 0.5) is 0 Å². The number of thiazole rings is 1. The molecule has 5 heteroatoms. The summed E-state index contributed by atoms with van der Waals surface area (Å²) in [6.45, 7) is 0.478. The Bertz CT molecular complexity index is 485. The minimum Gasteiger partial charge on any atom is -0.497 e. The molecule has 0 radical (unpaired) electrons. The second kappa shape index (κ2) is 5.93. The second-order valence-electron chi connectivity index (χ2n) is 3.35. The van der Waals surface area contributed by atoms with Crippen molar-refractivity contribution < 1.29 is 9.47 Å². The molecule has 2 aromatic rings. The predicted molar refractivity (Wildman–Crippen MR) is 72.1 cm³/mol. The van der Waals surface area contributed by atoms with Crippen molar-refractivity contribution >= 4 is 24.0 Å². The monoisotopic (exact) mass is 267 g/mol. The Balaban J connectivity index is 1.96. The summed E-state index contributed by atoms with van der Waals surface area (Å²) in [5.41, 5.74) is 0. The highest BCUT2D eigenvalue weighted by Crippen LogP contribution is 2.21. The lowest BCUT2D eigenvalue weighted by molar-refractivity contribution is 0.303. The number of hydrogen-bond donors (Lipinski definition) is 1. The first kappa shape index (κ1) is 12.3. The van der Waals surface area contributed by atoms with Crippen LogP contribution < -0.4 is 9.47 Å². The van der Waals surface area contributed by atoms with Gasteiger partial charge in [-0.05, 0) is 12.1 Å². The van der Waals surface area contributed by atoms with Crippen molar-refractivity contribution in [1.29, 1.82) is 0 Å². The summed E-state index contributed by atoms with van der Waals surface area (Å²) in [5, 5.41) is 0.955. The Kier molecular flexibility index (Phi) is 4.28. The van der Waals surface area contributed by atoms with E-state index in [4.69, 9.17) is 9.47 Å². The van der Waals surface area contributed by atoms with Crippen LogP contribution in [0.2, 0.25) is 0 Å². The van der Waals surface area contributed by atoms with Crippen molar-refractivity contribution in [2.75, 3.05) is 7.11 Å². The largest absolute Gasteiger partial charge is 0.497 e. The highest BCUT2D eigenvalue weighted by atomic mass is 32.1. The first-order chi connectivity index (χ1) is 8.31. The normalized spacial score (nSPS) is 10.2. The summed E-state index contributed by atoms with van der Waals surface area (Å²) >= 11 is 5.82. The van der Waals surface area contributed by atoms with E-state index in [1.807, 2.05) is 30.5 Å². The zero-order valence-corrected chi connectivity index (χ0v) is 11.1. The van der Waals surface area contributed by atoms with Gasteiger partial charge in [0, 0.05) is 22.9 Å². The molecule has 1 aromatic carbocycles. The van der Waals surface area contributed by atoms with Crippen molar-refractivity contribution in [3.05, 3.63) is 40.3 Å². The average molecular weight is 267 g/mol. The molecular weight excluding hydrogens is 254 g/mol. The Hall–Kier alpha value is -1.20. The number of nitrogens with zero attached hydrogens (tertiary/aromatic N) is 1. The third kappa shape index (κ3) is 3.38. The van der Waals surface area contributed by atoms with Gasteiger partial charge < -0.3 is 9.47 Å². The van der Waals surface area contributed by atoms with Crippen LogP contribution >= 0.6 is 24.0 Å². The lowest BCUT2D eigenvalue weighted by Crippen LogP contribution is -1.94. The second-order valence-corrected chi connectivity index (χ2v) is 4.86. The standard InChI is InChI=1S/C12H13NO2S2/c1-14-9-3-2-4-10(5-9)15-7-12-13-6-11(8-16)17-12/h2-6,16H,7-8H2,1H3. The van der Waals surface area contributed by atoms with E-state index in [0.717, 1.165) is 27.1 Å². The quantitative estimate of drug-likeness (QED) is 0.844. The molecule has 17 heavy (non-hydrogen) atoms. The summed E-state index contributed by atoms with van der Waals surface area (Å²) in [4.78, 5) is 5.41. The molecule has 90 valence electrons. The van der Waals surface area contributed by atoms with Gasteiger partial charge >= 0.3 is 0 Å². The van der Waals surface area contributed by atoms with Gasteiger partial charge in [-0.3, -0.25) is 0 Å². The third-order valence-electron chi connectivity index (χ3n) is 2.16. The minimum absolute atomic E-state index is 0.478. The predicted octanol–water partition coefficient (Wildman–Crippen LogP) is 3.16. The number of thiol groups is 1. The van der Waals surface area contributed by atoms with Crippen molar-refractivity contribution in [2.24, 2.45) is 0 Å². The first-order valence-corrected chi connectivity index (χ1v) is 6.58. The molecule has 0 aliphatic heterocycles. The molecule has 0 unspecified atom stereocenters. The maximum Gasteiger partial charge on any atom is 0.140 e. The number of methoxy groups -OCH3 is 1. The van der Waals surface area contributed by atoms with E-state index in [1.165, 1.54) is 0 Å². The van der Waals surface area contributed by atoms with Gasteiger partial charge in [0.2, 0.25) is 0 Å². The van der Waals surface area contributed by atoms with E-state index in [1.54, 1.807) is 18.4 Å².